The zero-order valence-electron chi connectivity index (χ0n) is 126. The van der Waals surface area contributed by atoms with Crippen LogP contribution in [0.1, 0.15) is 86.5 Å². The molecule has 9 heterocycles. The summed E-state index contributed by atoms with van der Waals surface area (Å²) in [5, 5.41) is 1.25. The molecular weight excluding hydrogens is 1660 g/mol. The Morgan fingerprint density at radius 1 is 0.146 bits per heavy atom. The summed E-state index contributed by atoms with van der Waals surface area (Å²) in [7, 11) is 0. The minimum atomic E-state index is -3.10. The second kappa shape index (κ2) is 30.7. The first-order valence-electron chi connectivity index (χ1n) is 70.2. The summed E-state index contributed by atoms with van der Waals surface area (Å²) in [6.45, 7) is -1.15. The fourth-order valence-electron chi connectivity index (χ4n) is 19.5. The quantitative estimate of drug-likeness (QED) is 0.138. The molecule has 0 amide bonds. The van der Waals surface area contributed by atoms with Crippen molar-refractivity contribution >= 4 is 196 Å². The lowest BCUT2D eigenvalue weighted by Gasteiger charge is -2.11. The van der Waals surface area contributed by atoms with Crippen molar-refractivity contribution in [3.63, 3.8) is 0 Å². The Morgan fingerprint density at radius 2 is 0.343 bits per heavy atom. The van der Waals surface area contributed by atoms with E-state index in [0.29, 0.717) is 66.4 Å². The highest BCUT2D eigenvalue weighted by molar-refractivity contribution is 6.19. The van der Waals surface area contributed by atoms with Gasteiger partial charge in [-0.2, -0.15) is 0 Å². The van der Waals surface area contributed by atoms with E-state index in [0.717, 1.165) is 16.9 Å². The van der Waals surface area contributed by atoms with E-state index in [-0.39, 0.29) is 164 Å². The molecule has 0 radical (unpaired) electrons. The summed E-state index contributed by atoms with van der Waals surface area (Å²) < 4.78 is 493. The monoisotopic (exact) mass is 1800 g/mol. The highest BCUT2D eigenvalue weighted by Gasteiger charge is 2.26. The normalized spacial score (nSPS) is 17.7. The lowest BCUT2D eigenvalue weighted by molar-refractivity contribution is 1.15. The van der Waals surface area contributed by atoms with E-state index in [1.807, 2.05) is 70.7 Å². The summed E-state index contributed by atoms with van der Waals surface area (Å²) >= 11 is 0. The maximum atomic E-state index is 9.21. The van der Waals surface area contributed by atoms with Gasteiger partial charge in [0.25, 0.3) is 0 Å². The molecule has 0 N–H and O–H groups in total. The Morgan fingerprint density at radius 3 is 0.569 bits per heavy atom. The number of benzene rings is 21. The Hall–Kier alpha value is -18.2. The number of aromatic nitrogens is 9. The fraction of sp³-hybridized carbons (Fsp3) is 0.0156. The standard InChI is InChI=1S/2C43H29N3.C42H27N3/c2*1-28-11-10-12-29(25-28)44-42-23-21-30(45-38-17-6-2-13-32(38)33-14-3-7-18-39(33)45)26-36(42)37-27-31(22-24-43(37)44)46-40-19-8-4-15-34(40)35-16-5-9-20-41(35)46;1-2-12-28(13-3-1)43-41-24-22-29(44-37-18-8-4-14-31(37)32-15-5-9-19-38(32)44)26-35(41)36-27-30(23-25-42(36)43)45-39-20-10-6-16-33(39)34-17-7-11-21-40(34)45/h2*2-27H,1H3;1-27H/i1D3,2D,3D,4D,5D,6D,7D,8D,9D,10D,11D,12D,13D,14D,15D,16D,17D,18D,19D,20D,25D;2D,3D,4D,5D,6D,7D,8D,9D,13D,14D,15D,16D,17D,18D,19D,20D;4D,5D,6D,7D,8D,9D,10D,11D,14D,15D,16D,17D,18D,19D,20D,21D. The van der Waals surface area contributed by atoms with Crippen molar-refractivity contribution in [2.45, 2.75) is 13.8 Å². The van der Waals surface area contributed by atoms with E-state index in [9.17, 15) is 1.37 Å². The minimum absolute atomic E-state index is 0.0472. The average molecular weight is 1800 g/mol. The van der Waals surface area contributed by atoms with Crippen LogP contribution < -0.4 is 0 Å². The number of aryl methyl sites for hydroxylation is 1. The number of para-hydroxylation sites is 13. The molecule has 0 fully saturated rings. The van der Waals surface area contributed by atoms with Crippen molar-refractivity contribution in [3.05, 3.63) is 489 Å². The highest BCUT2D eigenvalue weighted by Crippen LogP contribution is 2.46. The smallest absolute Gasteiger partial charge is 0.0648 e. The van der Waals surface area contributed by atoms with Crippen molar-refractivity contribution in [1.82, 2.24) is 41.1 Å². The van der Waals surface area contributed by atoms with Crippen molar-refractivity contribution < 1.29 is 75.4 Å². The molecule has 21 aromatic carbocycles. The van der Waals surface area contributed by atoms with E-state index < -0.39 is 332 Å². The molecule has 0 aliphatic heterocycles. The third kappa shape index (κ3) is 11.9. The first-order chi connectivity index (χ1) is 90.6. The molecule has 0 spiro atoms. The number of nitrogens with zero attached hydrogens (tertiary/aromatic N) is 9. The summed E-state index contributed by atoms with van der Waals surface area (Å²) in [4.78, 5) is 0. The second-order valence-electron chi connectivity index (χ2n) is 32.3. The Bertz CT molecular complexity index is 12700. The number of fused-ring (bicyclic) bond motifs is 27. The zero-order valence-corrected chi connectivity index (χ0v) is 70.6. The van der Waals surface area contributed by atoms with Crippen LogP contribution in [0.2, 0.25) is 0 Å². The molecule has 0 atom stereocenters. The van der Waals surface area contributed by atoms with Crippen molar-refractivity contribution in [1.29, 1.82) is 0 Å². The van der Waals surface area contributed by atoms with Gasteiger partial charge in [-0.15, -0.1) is 0 Å². The van der Waals surface area contributed by atoms with Gasteiger partial charge in [-0.25, -0.2) is 0 Å². The number of hydrogen-bond donors (Lipinski definition) is 0. The van der Waals surface area contributed by atoms with Gasteiger partial charge in [0.05, 0.1) is 171 Å². The van der Waals surface area contributed by atoms with Gasteiger partial charge in [0.15, 0.2) is 0 Å². The van der Waals surface area contributed by atoms with E-state index in [4.69, 9.17) is 74.0 Å². The maximum Gasteiger partial charge on any atom is 0.0648 e. The van der Waals surface area contributed by atoms with Crippen molar-refractivity contribution in [2.75, 3.05) is 0 Å². The van der Waals surface area contributed by atoms with Gasteiger partial charge in [-0.05, 0) is 243 Å². The predicted octanol–water partition coefficient (Wildman–Crippen LogP) is 33.6. The first kappa shape index (κ1) is 40.9. The largest absolute Gasteiger partial charge is 0.309 e. The van der Waals surface area contributed by atoms with E-state index in [1.165, 1.54) is 68.4 Å². The summed E-state index contributed by atoms with van der Waals surface area (Å²) in [6.07, 6.45) is 0. The van der Waals surface area contributed by atoms with Crippen LogP contribution >= 0.6 is 0 Å². The van der Waals surface area contributed by atoms with Crippen LogP contribution in [0.25, 0.3) is 247 Å². The SMILES string of the molecule is [2H]c1c([2H])c(-n2c3ccc(-n4c5c([2H])c([2H])c([2H])c([2H])c5c5c([2H])c([2H])c([2H])c([2H])c54)cc3c3cc(-n4c5c([2H])c([2H])c([2H])c([2H])c5c5c([2H])c([2H])c([2H])c([2H])c54)ccc32)c([2H])c(C([2H])([2H])[2H])c1[2H].[2H]c1c([2H])c([2H])c2c(c1[2H])c1c([2H])c([2H])c([2H])c([2H])c1n2-c1ccc2c(c1)c1cc(-n3c4c([2H])c([2H])c([2H])c([2H])c4c4c([2H])c([2H])c([2H])c([2H])c43)ccc1n2-c1cccc(C)c1.[2H]c1c([2H])c([2H])c2c(c1[2H])c1c([2H])c([2H])c([2H])c([2H])c1n2-c1ccc2c(c1)c1cc(-n3c4c([2H])c([2H])c([2H])c([2H])c4c4c([2H])c([2H])c([2H])c([2H])c43)ccc1n2-c1ccccc1. The lowest BCUT2D eigenvalue weighted by Crippen LogP contribution is -1.96. The third-order valence-corrected chi connectivity index (χ3v) is 25.1. The van der Waals surface area contributed by atoms with Gasteiger partial charge in [0, 0.05) is 152 Å². The molecule has 0 aliphatic carbocycles. The topological polar surface area (TPSA) is 44.4 Å². The summed E-state index contributed by atoms with van der Waals surface area (Å²) in [6, 6.07) is 17.6. The molecule has 30 aromatic rings. The predicted molar refractivity (Wildman–Crippen MR) is 578 cm³/mol. The maximum absolute atomic E-state index is 9.21. The molecular formula is C128H85N9. The van der Waals surface area contributed by atoms with E-state index in [2.05, 4.69) is 0 Å². The van der Waals surface area contributed by atoms with E-state index >= 15 is 0 Å². The first-order valence-corrected chi connectivity index (χ1v) is 42.7. The van der Waals surface area contributed by atoms with E-state index in [1.54, 1.807) is 72.8 Å². The van der Waals surface area contributed by atoms with Crippen LogP contribution in [0.5, 0.6) is 0 Å². The minimum Gasteiger partial charge on any atom is -0.309 e. The number of hydrogen-bond acceptors (Lipinski definition) is 0. The van der Waals surface area contributed by atoms with Crippen LogP contribution in [0, 0.1) is 13.8 Å². The molecule has 9 aromatic heterocycles. The van der Waals surface area contributed by atoms with Gasteiger partial charge in [0.2, 0.25) is 0 Å². The molecule has 0 bridgehead atoms. The fourth-order valence-corrected chi connectivity index (χ4v) is 19.5. The van der Waals surface area contributed by atoms with Gasteiger partial charge >= 0.3 is 0 Å². The van der Waals surface area contributed by atoms with Crippen LogP contribution in [0.15, 0.2) is 478 Å². The van der Waals surface area contributed by atoms with Gasteiger partial charge in [-0.1, -0.05) is 260 Å². The van der Waals surface area contributed by atoms with Crippen LogP contribution in [-0.2, 0) is 0 Å². The van der Waals surface area contributed by atoms with Crippen LogP contribution in [-0.4, -0.2) is 41.1 Å². The molecule has 9 heteroatoms. The van der Waals surface area contributed by atoms with Gasteiger partial charge < -0.3 is 41.1 Å². The van der Waals surface area contributed by atoms with Gasteiger partial charge in [-0.3, -0.25) is 0 Å². The summed E-state index contributed by atoms with van der Waals surface area (Å²) in [5.74, 6) is 0. The summed E-state index contributed by atoms with van der Waals surface area (Å²) in [5.41, 5.74) is 4.29. The van der Waals surface area contributed by atoms with Crippen LogP contribution in [0.4, 0.5) is 0 Å². The Balaban J connectivity index is 0.000000129. The van der Waals surface area contributed by atoms with Crippen molar-refractivity contribution in [2.24, 2.45) is 0 Å². The molecule has 9 nitrogen and oxygen atoms in total. The number of rotatable bonds is 9. The molecule has 30 rings (SSSR count). The molecule has 0 aliphatic rings. The second-order valence-corrected chi connectivity index (χ2v) is 32.3. The van der Waals surface area contributed by atoms with Crippen molar-refractivity contribution in [3.8, 4) is 51.2 Å². The molecule has 0 unspecified atom stereocenters. The average Bonchev–Trinajstić information content (AvgIpc) is 1.53. The lowest BCUT2D eigenvalue weighted by atomic mass is 10.1. The van der Waals surface area contributed by atoms with Gasteiger partial charge in [0.1, 0.15) is 0 Å². The zero-order chi connectivity index (χ0) is 138. The Labute approximate surface area is 864 Å². The molecule has 642 valence electrons. The third-order valence-electron chi connectivity index (χ3n) is 25.1. The molecule has 0 saturated carbocycles. The highest BCUT2D eigenvalue weighted by atomic mass is 15.1. The Kier molecular flexibility index (Phi) is 9.17. The molecule has 0 saturated heterocycles. The molecule has 137 heavy (non-hydrogen) atoms. The van der Waals surface area contributed by atoms with Crippen LogP contribution in [0.3, 0.4) is 0 Å².